The van der Waals surface area contributed by atoms with Gasteiger partial charge in [-0.05, 0) is 64.4 Å². The number of aromatic nitrogens is 3. The lowest BCUT2D eigenvalue weighted by atomic mass is 9.84. The molecular weight excluding hydrogens is 484 g/mol. The predicted molar refractivity (Wildman–Crippen MR) is 145 cm³/mol. The van der Waals surface area contributed by atoms with Crippen molar-refractivity contribution < 1.29 is 14.7 Å². The van der Waals surface area contributed by atoms with E-state index >= 15 is 0 Å². The van der Waals surface area contributed by atoms with E-state index in [4.69, 9.17) is 0 Å². The van der Waals surface area contributed by atoms with Crippen molar-refractivity contribution in [2.75, 3.05) is 19.6 Å². The Morgan fingerprint density at radius 3 is 2.50 bits per heavy atom. The maximum Gasteiger partial charge on any atom is 0.291 e. The van der Waals surface area contributed by atoms with Crippen molar-refractivity contribution in [2.24, 2.45) is 5.92 Å². The van der Waals surface area contributed by atoms with Crippen molar-refractivity contribution in [1.29, 1.82) is 0 Å². The maximum absolute atomic E-state index is 13.4. The van der Waals surface area contributed by atoms with Gasteiger partial charge in [0.25, 0.3) is 11.5 Å². The highest BCUT2D eigenvalue weighted by atomic mass is 16.3. The van der Waals surface area contributed by atoms with E-state index in [9.17, 15) is 19.5 Å². The molecule has 0 aromatic carbocycles. The SMILES string of the molecule is CC(C)Cn1c(O)c(C(=O)NC2CC2)c(=O)n2ncc(/C=C/C(=O)N3CCCC34CCN(C(C)C)CC4)c12. The van der Waals surface area contributed by atoms with Crippen LogP contribution in [-0.4, -0.2) is 78.2 Å². The minimum Gasteiger partial charge on any atom is -0.494 e. The quantitative estimate of drug-likeness (QED) is 0.539. The van der Waals surface area contributed by atoms with Gasteiger partial charge in [-0.1, -0.05) is 13.8 Å². The molecule has 0 bridgehead atoms. The third-order valence-electron chi connectivity index (χ3n) is 8.33. The third-order valence-corrected chi connectivity index (χ3v) is 8.33. The first-order valence-electron chi connectivity index (χ1n) is 14.0. The molecule has 5 rings (SSSR count). The molecule has 0 radical (unpaired) electrons. The van der Waals surface area contributed by atoms with Crippen molar-refractivity contribution in [2.45, 2.75) is 90.4 Å². The number of hydrogen-bond donors (Lipinski definition) is 2. The van der Waals surface area contributed by atoms with Gasteiger partial charge in [0, 0.05) is 55.4 Å². The normalized spacial score (nSPS) is 20.0. The van der Waals surface area contributed by atoms with Crippen molar-refractivity contribution in [3.63, 3.8) is 0 Å². The van der Waals surface area contributed by atoms with Crippen molar-refractivity contribution in [1.82, 2.24) is 29.3 Å². The lowest BCUT2D eigenvalue weighted by Gasteiger charge is -2.45. The van der Waals surface area contributed by atoms with Gasteiger partial charge in [0.1, 0.15) is 5.65 Å². The summed E-state index contributed by atoms with van der Waals surface area (Å²) in [5.74, 6) is -0.866. The number of aromatic hydroxyl groups is 1. The van der Waals surface area contributed by atoms with Crippen LogP contribution in [0, 0.1) is 5.92 Å². The summed E-state index contributed by atoms with van der Waals surface area (Å²) in [6, 6.07) is 0.553. The van der Waals surface area contributed by atoms with E-state index in [2.05, 4.69) is 29.2 Å². The minimum atomic E-state index is -0.669. The number of hydrogen-bond acceptors (Lipinski definition) is 6. The largest absolute Gasteiger partial charge is 0.494 e. The van der Waals surface area contributed by atoms with Gasteiger partial charge in [0.2, 0.25) is 11.8 Å². The Morgan fingerprint density at radius 2 is 1.87 bits per heavy atom. The zero-order valence-electron chi connectivity index (χ0n) is 22.9. The molecule has 10 heteroatoms. The molecule has 2 N–H and O–H groups in total. The highest BCUT2D eigenvalue weighted by Gasteiger charge is 2.45. The van der Waals surface area contributed by atoms with Crippen LogP contribution < -0.4 is 10.9 Å². The van der Waals surface area contributed by atoms with Gasteiger partial charge < -0.3 is 20.2 Å². The number of carbonyl (C=O) groups excluding carboxylic acids is 2. The molecule has 10 nitrogen and oxygen atoms in total. The molecule has 2 aromatic rings. The second kappa shape index (κ2) is 10.2. The topological polar surface area (TPSA) is 112 Å². The number of nitrogens with zero attached hydrogens (tertiary/aromatic N) is 5. The molecule has 206 valence electrons. The number of amides is 2. The van der Waals surface area contributed by atoms with Crippen molar-refractivity contribution in [3.05, 3.63) is 33.8 Å². The van der Waals surface area contributed by atoms with E-state index in [1.54, 1.807) is 16.7 Å². The summed E-state index contributed by atoms with van der Waals surface area (Å²) < 4.78 is 2.72. The molecule has 0 unspecified atom stereocenters. The Hall–Kier alpha value is -3.14. The summed E-state index contributed by atoms with van der Waals surface area (Å²) in [6.45, 7) is 11.5. The second-order valence-electron chi connectivity index (χ2n) is 11.9. The van der Waals surface area contributed by atoms with E-state index in [0.717, 1.165) is 62.7 Å². The van der Waals surface area contributed by atoms with Crippen LogP contribution in [0.3, 0.4) is 0 Å². The van der Waals surface area contributed by atoms with Crippen LogP contribution >= 0.6 is 0 Å². The molecule has 4 heterocycles. The summed E-state index contributed by atoms with van der Waals surface area (Å²) in [6.07, 6.45) is 10.5. The summed E-state index contributed by atoms with van der Waals surface area (Å²) in [5, 5.41) is 18.1. The molecular formula is C28H40N6O4. The molecule has 1 spiro atoms. The second-order valence-corrected chi connectivity index (χ2v) is 11.9. The molecule has 1 aliphatic carbocycles. The average molecular weight is 525 g/mol. The standard InChI is InChI=1S/C28H40N6O4/c1-18(2)17-32-25-20(16-29-34(25)27(38)23(26(32)37)24(36)30-21-7-8-21)6-9-22(35)33-13-5-10-28(33)11-14-31(15-12-28)19(3)4/h6,9,16,18-19,21,37H,5,7-8,10-15,17H2,1-4H3,(H,30,36)/b9-6+. The van der Waals surface area contributed by atoms with Gasteiger partial charge in [-0.25, -0.2) is 0 Å². The molecule has 3 fully saturated rings. The average Bonchev–Trinajstić information content (AvgIpc) is 3.43. The highest BCUT2D eigenvalue weighted by molar-refractivity contribution is 5.97. The van der Waals surface area contributed by atoms with Crippen LogP contribution in [-0.2, 0) is 11.3 Å². The fraction of sp³-hybridized carbons (Fsp3) is 0.643. The lowest BCUT2D eigenvalue weighted by molar-refractivity contribution is -0.131. The Bertz CT molecular complexity index is 1310. The number of piperidine rings is 1. The molecule has 38 heavy (non-hydrogen) atoms. The first-order chi connectivity index (χ1) is 18.1. The summed E-state index contributed by atoms with van der Waals surface area (Å²) in [7, 11) is 0. The monoisotopic (exact) mass is 524 g/mol. The zero-order valence-corrected chi connectivity index (χ0v) is 22.9. The third kappa shape index (κ3) is 4.86. The number of nitrogens with one attached hydrogen (secondary N) is 1. The van der Waals surface area contributed by atoms with Crippen LogP contribution in [0.5, 0.6) is 5.88 Å². The van der Waals surface area contributed by atoms with Crippen LogP contribution in [0.25, 0.3) is 11.7 Å². The molecule has 3 aliphatic rings. The fourth-order valence-electron chi connectivity index (χ4n) is 6.06. The molecule has 2 saturated heterocycles. The Labute approximate surface area is 223 Å². The van der Waals surface area contributed by atoms with Gasteiger partial charge in [0.05, 0.1) is 6.20 Å². The van der Waals surface area contributed by atoms with E-state index < -0.39 is 11.5 Å². The molecule has 2 amide bonds. The molecule has 2 aromatic heterocycles. The van der Waals surface area contributed by atoms with E-state index in [0.29, 0.717) is 23.8 Å². The first kappa shape index (κ1) is 26.5. The van der Waals surface area contributed by atoms with Gasteiger partial charge >= 0.3 is 0 Å². The maximum atomic E-state index is 13.4. The molecule has 1 saturated carbocycles. The zero-order chi connectivity index (χ0) is 27.2. The van der Waals surface area contributed by atoms with Gasteiger partial charge in [0.15, 0.2) is 5.56 Å². The highest BCUT2D eigenvalue weighted by Crippen LogP contribution is 2.39. The van der Waals surface area contributed by atoms with E-state index in [1.165, 1.54) is 6.20 Å². The Kier molecular flexibility index (Phi) is 7.11. The molecule has 2 aliphatic heterocycles. The van der Waals surface area contributed by atoms with E-state index in [-0.39, 0.29) is 34.8 Å². The van der Waals surface area contributed by atoms with Gasteiger partial charge in [-0.15, -0.1) is 0 Å². The fourth-order valence-corrected chi connectivity index (χ4v) is 6.06. The lowest BCUT2D eigenvalue weighted by Crippen LogP contribution is -2.54. The van der Waals surface area contributed by atoms with Crippen LogP contribution in [0.15, 0.2) is 17.1 Å². The summed E-state index contributed by atoms with van der Waals surface area (Å²) >= 11 is 0. The Balaban J connectivity index is 1.45. The van der Waals surface area contributed by atoms with Gasteiger partial charge in [-0.2, -0.15) is 9.61 Å². The smallest absolute Gasteiger partial charge is 0.291 e. The number of likely N-dealkylation sites (tertiary alicyclic amines) is 2. The summed E-state index contributed by atoms with van der Waals surface area (Å²) in [4.78, 5) is 44.0. The minimum absolute atomic E-state index is 0.0396. The van der Waals surface area contributed by atoms with Crippen molar-refractivity contribution >= 4 is 23.5 Å². The van der Waals surface area contributed by atoms with Crippen LogP contribution in [0.2, 0.25) is 0 Å². The number of carbonyl (C=O) groups is 2. The predicted octanol–water partition coefficient (Wildman–Crippen LogP) is 2.63. The van der Waals surface area contributed by atoms with Crippen molar-refractivity contribution in [3.8, 4) is 5.88 Å². The summed E-state index contributed by atoms with van der Waals surface area (Å²) in [5.41, 5.74) is -0.142. The van der Waals surface area contributed by atoms with Crippen LogP contribution in [0.1, 0.15) is 82.1 Å². The van der Waals surface area contributed by atoms with Crippen LogP contribution in [0.4, 0.5) is 0 Å². The number of fused-ring (bicyclic) bond motifs is 1. The Morgan fingerprint density at radius 1 is 1.16 bits per heavy atom. The van der Waals surface area contributed by atoms with E-state index in [1.807, 2.05) is 18.7 Å². The first-order valence-corrected chi connectivity index (χ1v) is 14.0. The van der Waals surface area contributed by atoms with Gasteiger partial charge in [-0.3, -0.25) is 19.0 Å². The number of rotatable bonds is 7. The molecule has 0 atom stereocenters.